The number of hydrogen-bond acceptors (Lipinski definition) is 9. The van der Waals surface area contributed by atoms with Crippen LogP contribution >= 0.6 is 11.3 Å². The Kier molecular flexibility index (Phi) is 8.11. The molecule has 4 heterocycles. The molecule has 1 N–H and O–H groups in total. The van der Waals surface area contributed by atoms with E-state index in [-0.39, 0.29) is 0 Å². The third-order valence-corrected chi connectivity index (χ3v) is 6.46. The van der Waals surface area contributed by atoms with Gasteiger partial charge in [-0.3, -0.25) is 10.3 Å². The Morgan fingerprint density at radius 2 is 1.90 bits per heavy atom. The summed E-state index contributed by atoms with van der Waals surface area (Å²) in [5.41, 5.74) is 4.96. The van der Waals surface area contributed by atoms with Crippen LogP contribution in [0.1, 0.15) is 17.5 Å². The molecule has 2 aromatic heterocycles. The Balaban J connectivity index is 1.42. The van der Waals surface area contributed by atoms with Crippen LogP contribution in [0.25, 0.3) is 0 Å². The smallest absolute Gasteiger partial charge is 0.215 e. The third kappa shape index (κ3) is 6.64. The molecule has 168 valence electrons. The molecule has 9 heteroatoms. The van der Waals surface area contributed by atoms with Crippen LogP contribution in [0.5, 0.6) is 5.88 Å². The average Bonchev–Trinajstić information content (AvgIpc) is 3.28. The summed E-state index contributed by atoms with van der Waals surface area (Å²) in [6.07, 6.45) is 2.79. The van der Waals surface area contributed by atoms with E-state index in [0.717, 1.165) is 82.0 Å². The fourth-order valence-corrected chi connectivity index (χ4v) is 4.35. The van der Waals surface area contributed by atoms with Crippen LogP contribution in [0, 0.1) is 0 Å². The number of nitrogens with one attached hydrogen (secondary N) is 1. The molecule has 2 aromatic rings. The van der Waals surface area contributed by atoms with Crippen molar-refractivity contribution >= 4 is 28.2 Å². The zero-order valence-corrected chi connectivity index (χ0v) is 18.9. The summed E-state index contributed by atoms with van der Waals surface area (Å²) in [6.45, 7) is 10.3. The van der Waals surface area contributed by atoms with Gasteiger partial charge in [0.05, 0.1) is 38.3 Å². The average molecular weight is 446 g/mol. The molecule has 0 saturated carbocycles. The summed E-state index contributed by atoms with van der Waals surface area (Å²) >= 11 is 1.72. The molecule has 0 radical (unpaired) electrons. The highest BCUT2D eigenvalue weighted by molar-refractivity contribution is 7.16. The third-order valence-electron chi connectivity index (χ3n) is 5.33. The first-order valence-corrected chi connectivity index (χ1v) is 11.8. The van der Waals surface area contributed by atoms with Crippen LogP contribution in [0.4, 0.5) is 10.7 Å². The van der Waals surface area contributed by atoms with Crippen LogP contribution in [0.3, 0.4) is 0 Å². The van der Waals surface area contributed by atoms with Crippen molar-refractivity contribution < 1.29 is 14.2 Å². The van der Waals surface area contributed by atoms with Crippen LogP contribution in [0.15, 0.2) is 29.4 Å². The number of aryl methyl sites for hydroxylation is 1. The Morgan fingerprint density at radius 1 is 1.13 bits per heavy atom. The molecule has 0 spiro atoms. The van der Waals surface area contributed by atoms with Gasteiger partial charge in [0.15, 0.2) is 0 Å². The van der Waals surface area contributed by atoms with Gasteiger partial charge in [0.2, 0.25) is 5.88 Å². The van der Waals surface area contributed by atoms with Gasteiger partial charge in [-0.1, -0.05) is 6.92 Å². The van der Waals surface area contributed by atoms with Crippen LogP contribution < -0.4 is 15.1 Å². The number of morpholine rings is 2. The molecule has 2 aliphatic heterocycles. The second-order valence-corrected chi connectivity index (χ2v) is 8.65. The van der Waals surface area contributed by atoms with E-state index in [0.29, 0.717) is 12.5 Å². The van der Waals surface area contributed by atoms with Crippen molar-refractivity contribution in [3.05, 3.63) is 34.8 Å². The standard InChI is InChI=1S/C22H31N5O3S/c1-2-20-3-4-22(31-20)25-23-17-18-15-19(27-8-12-29-13-9-27)16-21(24-18)30-14-7-26-5-10-28-11-6-26/h3-4,15-17,25H,2,5-14H2,1H3/b23-17-. The van der Waals surface area contributed by atoms with E-state index in [1.54, 1.807) is 17.6 Å². The Bertz CT molecular complexity index is 847. The molecule has 8 nitrogen and oxygen atoms in total. The summed E-state index contributed by atoms with van der Waals surface area (Å²) in [5, 5.41) is 5.42. The topological polar surface area (TPSA) is 71.5 Å². The number of pyridine rings is 1. The van der Waals surface area contributed by atoms with Crippen molar-refractivity contribution in [3.8, 4) is 5.88 Å². The summed E-state index contributed by atoms with van der Waals surface area (Å²) in [6, 6.07) is 8.25. The molecule has 31 heavy (non-hydrogen) atoms. The highest BCUT2D eigenvalue weighted by Gasteiger charge is 2.15. The first-order chi connectivity index (χ1) is 15.3. The number of thiophene rings is 1. The van der Waals surface area contributed by atoms with Gasteiger partial charge in [0.25, 0.3) is 0 Å². The lowest BCUT2D eigenvalue weighted by Crippen LogP contribution is -2.38. The molecule has 2 aliphatic rings. The zero-order valence-electron chi connectivity index (χ0n) is 18.1. The van der Waals surface area contributed by atoms with Gasteiger partial charge in [0, 0.05) is 49.4 Å². The van der Waals surface area contributed by atoms with Gasteiger partial charge < -0.3 is 19.1 Å². The van der Waals surface area contributed by atoms with Gasteiger partial charge in [0.1, 0.15) is 11.6 Å². The van der Waals surface area contributed by atoms with Gasteiger partial charge in [-0.05, 0) is 24.6 Å². The molecule has 0 atom stereocenters. The molecule has 0 aliphatic carbocycles. The molecule has 4 rings (SSSR count). The van der Waals surface area contributed by atoms with Crippen LogP contribution in [-0.2, 0) is 15.9 Å². The van der Waals surface area contributed by atoms with E-state index in [1.165, 1.54) is 4.88 Å². The number of anilines is 2. The van der Waals surface area contributed by atoms with E-state index < -0.39 is 0 Å². The van der Waals surface area contributed by atoms with Crippen molar-refractivity contribution in [1.29, 1.82) is 0 Å². The van der Waals surface area contributed by atoms with Crippen LogP contribution in [0.2, 0.25) is 0 Å². The molecular formula is C22H31N5O3S. The minimum Gasteiger partial charge on any atom is -0.476 e. The van der Waals surface area contributed by atoms with Crippen molar-refractivity contribution in [1.82, 2.24) is 9.88 Å². The number of nitrogens with zero attached hydrogens (tertiary/aromatic N) is 4. The first kappa shape index (κ1) is 22.0. The predicted molar refractivity (Wildman–Crippen MR) is 125 cm³/mol. The molecular weight excluding hydrogens is 414 g/mol. The highest BCUT2D eigenvalue weighted by atomic mass is 32.1. The molecule has 2 fully saturated rings. The number of hydrazone groups is 1. The maximum absolute atomic E-state index is 6.03. The summed E-state index contributed by atoms with van der Waals surface area (Å²) < 4.78 is 16.9. The van der Waals surface area contributed by atoms with Crippen molar-refractivity contribution in [2.24, 2.45) is 5.10 Å². The van der Waals surface area contributed by atoms with Crippen LogP contribution in [-0.4, -0.2) is 81.9 Å². The second-order valence-electron chi connectivity index (χ2n) is 7.48. The number of ether oxygens (including phenoxy) is 3. The lowest BCUT2D eigenvalue weighted by Gasteiger charge is -2.29. The van der Waals surface area contributed by atoms with Gasteiger partial charge in [-0.2, -0.15) is 5.10 Å². The normalized spacial score (nSPS) is 17.9. The summed E-state index contributed by atoms with van der Waals surface area (Å²) in [5.74, 6) is 0.628. The highest BCUT2D eigenvalue weighted by Crippen LogP contribution is 2.23. The minimum atomic E-state index is 0.601. The maximum atomic E-state index is 6.03. The summed E-state index contributed by atoms with van der Waals surface area (Å²) in [4.78, 5) is 10.6. The van der Waals surface area contributed by atoms with E-state index in [2.05, 4.69) is 50.4 Å². The van der Waals surface area contributed by atoms with Crippen molar-refractivity contribution in [3.63, 3.8) is 0 Å². The monoisotopic (exact) mass is 445 g/mol. The largest absolute Gasteiger partial charge is 0.476 e. The lowest BCUT2D eigenvalue weighted by molar-refractivity contribution is 0.0320. The fourth-order valence-electron chi connectivity index (χ4n) is 3.55. The van der Waals surface area contributed by atoms with E-state index in [9.17, 15) is 0 Å². The Morgan fingerprint density at radius 3 is 2.65 bits per heavy atom. The van der Waals surface area contributed by atoms with Gasteiger partial charge in [-0.25, -0.2) is 4.98 Å². The van der Waals surface area contributed by atoms with Crippen molar-refractivity contribution in [2.75, 3.05) is 76.1 Å². The van der Waals surface area contributed by atoms with Gasteiger partial charge >= 0.3 is 0 Å². The molecule has 0 bridgehead atoms. The number of aromatic nitrogens is 1. The Hall–Kier alpha value is -2.20. The Labute approximate surface area is 187 Å². The maximum Gasteiger partial charge on any atom is 0.215 e. The number of rotatable bonds is 9. The first-order valence-electron chi connectivity index (χ1n) is 11.0. The molecule has 0 unspecified atom stereocenters. The quantitative estimate of drug-likeness (QED) is 0.470. The predicted octanol–water partition coefficient (Wildman–Crippen LogP) is 2.70. The molecule has 0 aromatic carbocycles. The lowest BCUT2D eigenvalue weighted by atomic mass is 10.2. The number of hydrogen-bond donors (Lipinski definition) is 1. The van der Waals surface area contributed by atoms with Crippen molar-refractivity contribution in [2.45, 2.75) is 13.3 Å². The SMILES string of the molecule is CCc1ccc(N/N=C\c2cc(N3CCOCC3)cc(OCCN3CCOCC3)n2)s1. The fraction of sp³-hybridized carbons (Fsp3) is 0.545. The minimum absolute atomic E-state index is 0.601. The van der Waals surface area contributed by atoms with Gasteiger partial charge in [-0.15, -0.1) is 11.3 Å². The zero-order chi connectivity index (χ0) is 21.3. The second kappa shape index (κ2) is 11.4. The summed E-state index contributed by atoms with van der Waals surface area (Å²) in [7, 11) is 0. The molecule has 2 saturated heterocycles. The molecule has 0 amide bonds. The van der Waals surface area contributed by atoms with E-state index >= 15 is 0 Å². The van der Waals surface area contributed by atoms with E-state index in [1.807, 2.05) is 6.07 Å². The van der Waals surface area contributed by atoms with E-state index in [4.69, 9.17) is 14.2 Å².